The summed E-state index contributed by atoms with van der Waals surface area (Å²) in [5, 5.41) is 0. The predicted molar refractivity (Wildman–Crippen MR) is 65.1 cm³/mol. The van der Waals surface area contributed by atoms with Gasteiger partial charge in [-0.3, -0.25) is 0 Å². The number of rotatable bonds is 3. The van der Waals surface area contributed by atoms with Crippen molar-refractivity contribution in [2.45, 2.75) is 13.0 Å². The average molecular weight is 230 g/mol. The Kier molecular flexibility index (Phi) is 3.28. The van der Waals surface area contributed by atoms with E-state index in [0.717, 1.165) is 11.1 Å². The molecule has 3 heteroatoms. The molecule has 0 spiro atoms. The van der Waals surface area contributed by atoms with E-state index >= 15 is 0 Å². The van der Waals surface area contributed by atoms with Crippen molar-refractivity contribution >= 4 is 12.0 Å². The third kappa shape index (κ3) is 2.38. The molecule has 2 rings (SSSR count). The van der Waals surface area contributed by atoms with Crippen molar-refractivity contribution in [1.29, 1.82) is 0 Å². The first kappa shape index (κ1) is 11.5. The van der Waals surface area contributed by atoms with Gasteiger partial charge in [0, 0.05) is 5.57 Å². The molecule has 1 aliphatic heterocycles. The number of methoxy groups -OCH3 is 1. The molecule has 1 unspecified atom stereocenters. The van der Waals surface area contributed by atoms with Crippen LogP contribution < -0.4 is 0 Å². The minimum Gasteiger partial charge on any atom is -0.490 e. The van der Waals surface area contributed by atoms with Crippen LogP contribution in [0.5, 0.6) is 0 Å². The second-order valence-corrected chi connectivity index (χ2v) is 3.81. The molecule has 3 nitrogen and oxygen atoms in total. The number of carbonyl (C=O) groups is 1. The minimum atomic E-state index is -0.396. The fraction of sp³-hybridized carbons (Fsp3) is 0.214. The summed E-state index contributed by atoms with van der Waals surface area (Å²) in [4.78, 5) is 11.4. The standard InChI is InChI=1S/C14H14O3/c1-10-12(17-14(15)13(10)16-2)9-8-11-6-4-3-5-7-11/h3-9,12H,1-2H3/b9-8+. The number of benzene rings is 1. The molecule has 1 atom stereocenters. The molecule has 88 valence electrons. The quantitative estimate of drug-likeness (QED) is 0.748. The molecule has 0 fully saturated rings. The number of hydrogen-bond donors (Lipinski definition) is 0. The molecule has 0 saturated heterocycles. The Labute approximate surface area is 100 Å². The molecule has 0 bridgehead atoms. The van der Waals surface area contributed by atoms with E-state index in [2.05, 4.69) is 0 Å². The third-order valence-electron chi connectivity index (χ3n) is 2.67. The SMILES string of the molecule is COC1=C(C)C(/C=C/c2ccccc2)OC1=O. The first-order valence-electron chi connectivity index (χ1n) is 5.41. The topological polar surface area (TPSA) is 35.5 Å². The molecule has 1 aliphatic rings. The molecule has 0 aromatic heterocycles. The maximum atomic E-state index is 11.4. The average Bonchev–Trinajstić information content (AvgIpc) is 2.63. The normalized spacial score (nSPS) is 19.9. The van der Waals surface area contributed by atoms with Gasteiger partial charge in [-0.2, -0.15) is 0 Å². The molecule has 17 heavy (non-hydrogen) atoms. The van der Waals surface area contributed by atoms with Crippen LogP contribution in [0.4, 0.5) is 0 Å². The molecule has 1 aromatic carbocycles. The highest BCUT2D eigenvalue weighted by Gasteiger charge is 2.30. The number of ether oxygens (including phenoxy) is 2. The highest BCUT2D eigenvalue weighted by Crippen LogP contribution is 2.24. The molecule has 0 amide bonds. The summed E-state index contributed by atoms with van der Waals surface area (Å²) in [6, 6.07) is 9.86. The van der Waals surface area contributed by atoms with E-state index in [-0.39, 0.29) is 6.10 Å². The van der Waals surface area contributed by atoms with Gasteiger partial charge in [-0.1, -0.05) is 36.4 Å². The molecule has 0 saturated carbocycles. The maximum Gasteiger partial charge on any atom is 0.374 e. The van der Waals surface area contributed by atoms with Crippen LogP contribution in [0.1, 0.15) is 12.5 Å². The first-order chi connectivity index (χ1) is 8.22. The Morgan fingerprint density at radius 1 is 1.29 bits per heavy atom. The summed E-state index contributed by atoms with van der Waals surface area (Å²) >= 11 is 0. The van der Waals surface area contributed by atoms with Gasteiger partial charge in [0.05, 0.1) is 7.11 Å². The van der Waals surface area contributed by atoms with Crippen molar-refractivity contribution < 1.29 is 14.3 Å². The summed E-state index contributed by atoms with van der Waals surface area (Å²) in [5.41, 5.74) is 1.88. The Balaban J connectivity index is 2.14. The lowest BCUT2D eigenvalue weighted by molar-refractivity contribution is -0.141. The van der Waals surface area contributed by atoms with Gasteiger partial charge in [-0.05, 0) is 18.6 Å². The van der Waals surface area contributed by atoms with E-state index in [4.69, 9.17) is 9.47 Å². The lowest BCUT2D eigenvalue weighted by Crippen LogP contribution is -2.06. The lowest BCUT2D eigenvalue weighted by Gasteiger charge is -2.04. The summed E-state index contributed by atoms with van der Waals surface area (Å²) in [6.07, 6.45) is 3.46. The van der Waals surface area contributed by atoms with Crippen LogP contribution in [-0.4, -0.2) is 19.2 Å². The Morgan fingerprint density at radius 2 is 2.00 bits per heavy atom. The zero-order valence-corrected chi connectivity index (χ0v) is 9.84. The number of hydrogen-bond acceptors (Lipinski definition) is 3. The Morgan fingerprint density at radius 3 is 2.59 bits per heavy atom. The van der Waals surface area contributed by atoms with E-state index in [1.165, 1.54) is 7.11 Å². The second kappa shape index (κ2) is 4.87. The van der Waals surface area contributed by atoms with Gasteiger partial charge in [0.1, 0.15) is 6.10 Å². The fourth-order valence-corrected chi connectivity index (χ4v) is 1.74. The molecule has 0 N–H and O–H groups in total. The van der Waals surface area contributed by atoms with Crippen LogP contribution in [0.15, 0.2) is 47.7 Å². The van der Waals surface area contributed by atoms with E-state index in [1.807, 2.05) is 49.4 Å². The smallest absolute Gasteiger partial charge is 0.374 e. The monoisotopic (exact) mass is 230 g/mol. The van der Waals surface area contributed by atoms with Crippen LogP contribution in [0, 0.1) is 0 Å². The van der Waals surface area contributed by atoms with Crippen LogP contribution in [-0.2, 0) is 14.3 Å². The van der Waals surface area contributed by atoms with Gasteiger partial charge < -0.3 is 9.47 Å². The van der Waals surface area contributed by atoms with Crippen LogP contribution in [0.25, 0.3) is 6.08 Å². The molecule has 1 heterocycles. The largest absolute Gasteiger partial charge is 0.490 e. The zero-order chi connectivity index (χ0) is 12.3. The molecule has 1 aromatic rings. The highest BCUT2D eigenvalue weighted by atomic mass is 16.6. The van der Waals surface area contributed by atoms with E-state index in [0.29, 0.717) is 5.76 Å². The van der Waals surface area contributed by atoms with Crippen molar-refractivity contribution in [3.8, 4) is 0 Å². The predicted octanol–water partition coefficient (Wildman–Crippen LogP) is 2.55. The lowest BCUT2D eigenvalue weighted by atomic mass is 10.1. The minimum absolute atomic E-state index is 0.313. The van der Waals surface area contributed by atoms with Crippen LogP contribution in [0.2, 0.25) is 0 Å². The summed E-state index contributed by atoms with van der Waals surface area (Å²) in [7, 11) is 1.48. The van der Waals surface area contributed by atoms with Gasteiger partial charge in [0.25, 0.3) is 0 Å². The molecule has 0 aliphatic carbocycles. The van der Waals surface area contributed by atoms with Gasteiger partial charge in [-0.25, -0.2) is 4.79 Å². The van der Waals surface area contributed by atoms with Crippen molar-refractivity contribution in [3.63, 3.8) is 0 Å². The van der Waals surface area contributed by atoms with E-state index in [1.54, 1.807) is 0 Å². The van der Waals surface area contributed by atoms with Crippen molar-refractivity contribution in [3.05, 3.63) is 53.3 Å². The highest BCUT2D eigenvalue weighted by molar-refractivity contribution is 5.90. The third-order valence-corrected chi connectivity index (χ3v) is 2.67. The van der Waals surface area contributed by atoms with Gasteiger partial charge in [-0.15, -0.1) is 0 Å². The zero-order valence-electron chi connectivity index (χ0n) is 9.84. The molecule has 0 radical (unpaired) electrons. The molecular weight excluding hydrogens is 216 g/mol. The van der Waals surface area contributed by atoms with Gasteiger partial charge in [0.2, 0.25) is 5.76 Å². The number of esters is 1. The molecular formula is C14H14O3. The van der Waals surface area contributed by atoms with Crippen molar-refractivity contribution in [2.75, 3.05) is 7.11 Å². The Bertz CT molecular complexity index is 472. The van der Waals surface area contributed by atoms with Crippen LogP contribution in [0.3, 0.4) is 0 Å². The number of carbonyl (C=O) groups excluding carboxylic acids is 1. The number of cyclic esters (lactones) is 1. The summed E-state index contributed by atoms with van der Waals surface area (Å²) in [5.74, 6) is -0.0829. The van der Waals surface area contributed by atoms with Crippen LogP contribution >= 0.6 is 0 Å². The maximum absolute atomic E-state index is 11.4. The van der Waals surface area contributed by atoms with E-state index in [9.17, 15) is 4.79 Å². The fourth-order valence-electron chi connectivity index (χ4n) is 1.74. The summed E-state index contributed by atoms with van der Waals surface area (Å²) in [6.45, 7) is 1.84. The van der Waals surface area contributed by atoms with E-state index < -0.39 is 5.97 Å². The van der Waals surface area contributed by atoms with Gasteiger partial charge >= 0.3 is 5.97 Å². The van der Waals surface area contributed by atoms with Gasteiger partial charge in [0.15, 0.2) is 0 Å². The van der Waals surface area contributed by atoms with Crippen molar-refractivity contribution in [2.24, 2.45) is 0 Å². The van der Waals surface area contributed by atoms with Crippen molar-refractivity contribution in [1.82, 2.24) is 0 Å². The Hall–Kier alpha value is -2.03. The second-order valence-electron chi connectivity index (χ2n) is 3.81. The first-order valence-corrected chi connectivity index (χ1v) is 5.41. The summed E-state index contributed by atoms with van der Waals surface area (Å²) < 4.78 is 10.2.